The predicted octanol–water partition coefficient (Wildman–Crippen LogP) is 2.58. The van der Waals surface area contributed by atoms with Crippen LogP contribution in [0.2, 0.25) is 0 Å². The van der Waals surface area contributed by atoms with Crippen LogP contribution in [0.15, 0.2) is 45.0 Å². The summed E-state index contributed by atoms with van der Waals surface area (Å²) in [5.74, 6) is -1.30. The molecule has 2 aromatic heterocycles. The highest BCUT2D eigenvalue weighted by Gasteiger charge is 2.33. The van der Waals surface area contributed by atoms with Gasteiger partial charge in [0.05, 0.1) is 11.4 Å². The van der Waals surface area contributed by atoms with Crippen LogP contribution in [0.3, 0.4) is 0 Å². The van der Waals surface area contributed by atoms with Gasteiger partial charge in [-0.05, 0) is 23.6 Å². The number of hydrogen-bond acceptors (Lipinski definition) is 7. The summed E-state index contributed by atoms with van der Waals surface area (Å²) in [5, 5.41) is 9.95. The van der Waals surface area contributed by atoms with Crippen molar-refractivity contribution < 1.29 is 21.6 Å². The maximum absolute atomic E-state index is 13.9. The first kappa shape index (κ1) is 19.1. The molecule has 4 rings (SSSR count). The van der Waals surface area contributed by atoms with E-state index in [1.54, 1.807) is 0 Å². The van der Waals surface area contributed by atoms with Crippen LogP contribution in [0, 0.1) is 11.6 Å². The molecule has 3 aromatic rings. The van der Waals surface area contributed by atoms with Crippen LogP contribution in [-0.4, -0.2) is 54.0 Å². The van der Waals surface area contributed by atoms with Crippen molar-refractivity contribution in [3.05, 3.63) is 53.2 Å². The molecule has 148 valence electrons. The lowest BCUT2D eigenvalue weighted by atomic mass is 10.3. The van der Waals surface area contributed by atoms with Gasteiger partial charge in [0, 0.05) is 26.2 Å². The molecular formula is C17H16F2N4O3S2. The van der Waals surface area contributed by atoms with Crippen molar-refractivity contribution in [3.8, 4) is 10.8 Å². The number of halogens is 2. The number of sulfonamides is 1. The number of hydrogen-bond donors (Lipinski definition) is 0. The highest BCUT2D eigenvalue weighted by Crippen LogP contribution is 2.25. The molecule has 11 heteroatoms. The van der Waals surface area contributed by atoms with E-state index in [1.807, 2.05) is 22.4 Å². The molecule has 0 aliphatic carbocycles. The van der Waals surface area contributed by atoms with Crippen molar-refractivity contribution >= 4 is 21.4 Å². The van der Waals surface area contributed by atoms with Crippen LogP contribution >= 0.6 is 11.3 Å². The number of aromatic nitrogens is 2. The summed E-state index contributed by atoms with van der Waals surface area (Å²) in [4.78, 5) is 1.93. The zero-order valence-corrected chi connectivity index (χ0v) is 16.2. The molecule has 0 spiro atoms. The number of rotatable bonds is 5. The molecule has 1 aliphatic rings. The van der Waals surface area contributed by atoms with Gasteiger partial charge in [-0.25, -0.2) is 17.2 Å². The maximum Gasteiger partial charge on any atom is 0.257 e. The predicted molar refractivity (Wildman–Crippen MR) is 98.0 cm³/mol. The van der Waals surface area contributed by atoms with E-state index in [0.29, 0.717) is 31.4 Å². The molecule has 0 N–H and O–H groups in total. The molecule has 3 heterocycles. The number of nitrogens with zero attached hydrogens (tertiary/aromatic N) is 4. The largest absolute Gasteiger partial charge is 0.419 e. The third-order valence-corrected chi connectivity index (χ3v) is 7.21. The van der Waals surface area contributed by atoms with Gasteiger partial charge in [-0.2, -0.15) is 4.31 Å². The second-order valence-electron chi connectivity index (χ2n) is 6.21. The minimum atomic E-state index is -4.24. The van der Waals surface area contributed by atoms with Gasteiger partial charge in [-0.15, -0.1) is 21.5 Å². The highest BCUT2D eigenvalue weighted by molar-refractivity contribution is 7.89. The Labute approximate surface area is 164 Å². The lowest BCUT2D eigenvalue weighted by Gasteiger charge is -2.33. The number of thiophene rings is 1. The Kier molecular flexibility index (Phi) is 5.23. The summed E-state index contributed by atoms with van der Waals surface area (Å²) in [6.45, 7) is 1.36. The van der Waals surface area contributed by atoms with Crippen LogP contribution in [-0.2, 0) is 16.6 Å². The number of benzene rings is 1. The highest BCUT2D eigenvalue weighted by atomic mass is 32.2. The first-order chi connectivity index (χ1) is 13.4. The monoisotopic (exact) mass is 426 g/mol. The zero-order chi connectivity index (χ0) is 19.7. The molecule has 0 unspecified atom stereocenters. The molecule has 0 amide bonds. The fraction of sp³-hybridized carbons (Fsp3) is 0.294. The van der Waals surface area contributed by atoms with E-state index < -0.39 is 26.6 Å². The Bertz CT molecular complexity index is 1040. The van der Waals surface area contributed by atoms with Crippen molar-refractivity contribution in [2.45, 2.75) is 11.4 Å². The third kappa shape index (κ3) is 3.70. The summed E-state index contributed by atoms with van der Waals surface area (Å²) in [5.41, 5.74) is 0. The van der Waals surface area contributed by atoms with Crippen LogP contribution in [0.1, 0.15) is 5.89 Å². The van der Waals surface area contributed by atoms with E-state index in [-0.39, 0.29) is 13.1 Å². The minimum Gasteiger partial charge on any atom is -0.419 e. The molecule has 7 nitrogen and oxygen atoms in total. The molecule has 1 saturated heterocycles. The topological polar surface area (TPSA) is 79.5 Å². The van der Waals surface area contributed by atoms with Crippen LogP contribution in [0.25, 0.3) is 10.8 Å². The molecule has 0 bridgehead atoms. The first-order valence-corrected chi connectivity index (χ1v) is 10.8. The Morgan fingerprint density at radius 2 is 1.75 bits per heavy atom. The fourth-order valence-electron chi connectivity index (χ4n) is 2.99. The Morgan fingerprint density at radius 1 is 1.04 bits per heavy atom. The normalized spacial score (nSPS) is 16.5. The second kappa shape index (κ2) is 7.66. The Hall–Kier alpha value is -2.21. The second-order valence-corrected chi connectivity index (χ2v) is 9.03. The fourth-order valence-corrected chi connectivity index (χ4v) is 5.17. The summed E-state index contributed by atoms with van der Waals surface area (Å²) in [6.07, 6.45) is 0. The van der Waals surface area contributed by atoms with Gasteiger partial charge in [0.15, 0.2) is 4.90 Å². The van der Waals surface area contributed by atoms with E-state index in [0.717, 1.165) is 27.4 Å². The van der Waals surface area contributed by atoms with Gasteiger partial charge in [0.2, 0.25) is 15.9 Å². The number of piperazine rings is 1. The van der Waals surface area contributed by atoms with Gasteiger partial charge in [-0.1, -0.05) is 12.1 Å². The van der Waals surface area contributed by atoms with Crippen LogP contribution in [0.4, 0.5) is 8.78 Å². The SMILES string of the molecule is O=S(=O)(c1c(F)cccc1F)N1CCN(Cc2nnc(-c3cccs3)o2)CC1. The summed E-state index contributed by atoms with van der Waals surface area (Å²) in [7, 11) is -4.24. The van der Waals surface area contributed by atoms with Crippen molar-refractivity contribution in [2.24, 2.45) is 0 Å². The lowest BCUT2D eigenvalue weighted by molar-refractivity contribution is 0.168. The standard InChI is InChI=1S/C17H16F2N4O3S2/c18-12-3-1-4-13(19)16(12)28(24,25)23-8-6-22(7-9-23)11-15-20-21-17(26-15)14-5-2-10-27-14/h1-5,10H,6-9,11H2. The average molecular weight is 426 g/mol. The van der Waals surface area contributed by atoms with E-state index >= 15 is 0 Å². The smallest absolute Gasteiger partial charge is 0.257 e. The van der Waals surface area contributed by atoms with E-state index in [4.69, 9.17) is 4.42 Å². The van der Waals surface area contributed by atoms with Gasteiger partial charge in [0.25, 0.3) is 5.89 Å². The van der Waals surface area contributed by atoms with Crippen LogP contribution < -0.4 is 0 Å². The quantitative estimate of drug-likeness (QED) is 0.624. The van der Waals surface area contributed by atoms with E-state index in [1.165, 1.54) is 11.3 Å². The minimum absolute atomic E-state index is 0.113. The molecule has 0 saturated carbocycles. The molecule has 0 atom stereocenters. The maximum atomic E-state index is 13.9. The van der Waals surface area contributed by atoms with Crippen molar-refractivity contribution in [1.29, 1.82) is 0 Å². The lowest BCUT2D eigenvalue weighted by Crippen LogP contribution is -2.48. The summed E-state index contributed by atoms with van der Waals surface area (Å²) < 4.78 is 59.8. The molecule has 28 heavy (non-hydrogen) atoms. The van der Waals surface area contributed by atoms with E-state index in [2.05, 4.69) is 10.2 Å². The average Bonchev–Trinajstić information content (AvgIpc) is 3.33. The molecule has 1 aromatic carbocycles. The van der Waals surface area contributed by atoms with Gasteiger partial charge < -0.3 is 4.42 Å². The van der Waals surface area contributed by atoms with Gasteiger partial charge in [0.1, 0.15) is 11.6 Å². The molecular weight excluding hydrogens is 410 g/mol. The van der Waals surface area contributed by atoms with E-state index in [9.17, 15) is 17.2 Å². The summed E-state index contributed by atoms with van der Waals surface area (Å²) in [6, 6.07) is 6.78. The van der Waals surface area contributed by atoms with Crippen molar-refractivity contribution in [2.75, 3.05) is 26.2 Å². The van der Waals surface area contributed by atoms with Crippen molar-refractivity contribution in [3.63, 3.8) is 0 Å². The first-order valence-electron chi connectivity index (χ1n) is 8.48. The molecule has 1 aliphatic heterocycles. The van der Waals surface area contributed by atoms with Crippen LogP contribution in [0.5, 0.6) is 0 Å². The van der Waals surface area contributed by atoms with Gasteiger partial charge in [-0.3, -0.25) is 4.90 Å². The summed E-state index contributed by atoms with van der Waals surface area (Å²) >= 11 is 1.49. The van der Waals surface area contributed by atoms with Crippen molar-refractivity contribution in [1.82, 2.24) is 19.4 Å². The Balaban J connectivity index is 1.41. The molecule has 1 fully saturated rings. The zero-order valence-electron chi connectivity index (χ0n) is 14.6. The third-order valence-electron chi connectivity index (χ3n) is 4.41. The Morgan fingerprint density at radius 3 is 2.39 bits per heavy atom. The molecule has 0 radical (unpaired) electrons. The van der Waals surface area contributed by atoms with Gasteiger partial charge >= 0.3 is 0 Å².